The van der Waals surface area contributed by atoms with E-state index in [9.17, 15) is 44.1 Å². The molecule has 3 aromatic heterocycles. The van der Waals surface area contributed by atoms with Crippen LogP contribution in [0.5, 0.6) is 0 Å². The molecule has 3 aromatic rings. The Morgan fingerprint density at radius 2 is 1.77 bits per heavy atom. The van der Waals surface area contributed by atoms with E-state index in [4.69, 9.17) is 25.5 Å². The molecule has 10 atom stereocenters. The van der Waals surface area contributed by atoms with Crippen LogP contribution >= 0.6 is 15.6 Å². The van der Waals surface area contributed by atoms with Crippen molar-refractivity contribution in [3.8, 4) is 0 Å². The van der Waals surface area contributed by atoms with Crippen molar-refractivity contribution in [2.75, 3.05) is 31.6 Å². The molecule has 0 radical (unpaired) electrons. The van der Waals surface area contributed by atoms with E-state index in [-0.39, 0.29) is 11.2 Å². The Hall–Kier alpha value is -3.05. The number of amides is 1. The quantitative estimate of drug-likeness (QED) is 0.0429. The topological polar surface area (TPSA) is 333 Å². The first kappa shape index (κ1) is 36.2. The normalized spacial score (nSPS) is 29.9. The van der Waals surface area contributed by atoms with Gasteiger partial charge in [-0.2, -0.15) is 4.57 Å². The van der Waals surface area contributed by atoms with E-state index >= 15 is 0 Å². The third-order valence-corrected chi connectivity index (χ3v) is 9.95. The second-order valence-corrected chi connectivity index (χ2v) is 13.7. The Balaban J connectivity index is 1.16. The zero-order valence-electron chi connectivity index (χ0n) is 24.8. The third-order valence-electron chi connectivity index (χ3n) is 7.38. The number of pyridine rings is 1. The maximum atomic E-state index is 12.5. The molecule has 48 heavy (non-hydrogen) atoms. The summed E-state index contributed by atoms with van der Waals surface area (Å²) in [6.07, 6.45) is -6.21. The molecule has 0 saturated carbocycles. The number of hydrogen-bond acceptors (Lipinski definition) is 18. The number of rotatable bonds is 15. The van der Waals surface area contributed by atoms with Crippen LogP contribution in [0.25, 0.3) is 11.2 Å². The molecule has 2 aliphatic heterocycles. The number of primary amides is 1. The predicted octanol–water partition coefficient (Wildman–Crippen LogP) is -3.47. The highest BCUT2D eigenvalue weighted by atomic mass is 31.3. The Morgan fingerprint density at radius 1 is 1.06 bits per heavy atom. The predicted molar refractivity (Wildman–Crippen MR) is 155 cm³/mol. The van der Waals surface area contributed by atoms with Crippen LogP contribution in [0.1, 0.15) is 29.2 Å². The van der Waals surface area contributed by atoms with Crippen LogP contribution in [-0.2, 0) is 32.0 Å². The Bertz CT molecular complexity index is 1700. The number of imidazole rings is 1. The van der Waals surface area contributed by atoms with Crippen LogP contribution in [0.4, 0.5) is 5.82 Å². The van der Waals surface area contributed by atoms with E-state index < -0.39 is 83.8 Å². The van der Waals surface area contributed by atoms with Gasteiger partial charge in [-0.15, -0.1) is 0 Å². The Labute approximate surface area is 271 Å². The molecule has 264 valence electrons. The molecule has 5 heterocycles. The van der Waals surface area contributed by atoms with E-state index in [1.165, 1.54) is 46.3 Å². The lowest BCUT2D eigenvalue weighted by Crippen LogP contribution is -2.46. The zero-order chi connectivity index (χ0) is 34.8. The average molecular weight is 721 g/mol. The second kappa shape index (κ2) is 14.8. The van der Waals surface area contributed by atoms with Crippen LogP contribution in [-0.4, -0.2) is 114 Å². The number of carbonyl (C=O) groups excluding carboxylic acids is 1. The van der Waals surface area contributed by atoms with Crippen LogP contribution < -0.4 is 26.2 Å². The Kier molecular flexibility index (Phi) is 11.2. The van der Waals surface area contributed by atoms with Gasteiger partial charge in [0.25, 0.3) is 20.0 Å². The van der Waals surface area contributed by atoms with Crippen molar-refractivity contribution >= 4 is 38.5 Å². The Morgan fingerprint density at radius 3 is 2.50 bits per heavy atom. The number of nitrogens with one attached hydrogen (secondary N) is 1. The minimum atomic E-state index is -5.63. The smallest absolute Gasteiger partial charge is 0.478 e. The number of anilines is 1. The minimum Gasteiger partial charge on any atom is -0.756 e. The van der Waals surface area contributed by atoms with E-state index in [1.54, 1.807) is 0 Å². The maximum absolute atomic E-state index is 12.5. The summed E-state index contributed by atoms with van der Waals surface area (Å²) < 4.78 is 52.0. The molecule has 2 saturated heterocycles. The summed E-state index contributed by atoms with van der Waals surface area (Å²) in [5.74, 6) is -0.382. The number of carbonyl (C=O) groups is 1. The van der Waals surface area contributed by atoms with Crippen molar-refractivity contribution in [2.45, 2.75) is 55.5 Å². The molecule has 0 aromatic carbocycles. The summed E-state index contributed by atoms with van der Waals surface area (Å²) in [7, 11) is -11.1. The van der Waals surface area contributed by atoms with Gasteiger partial charge in [-0.25, -0.2) is 23.8 Å². The highest BCUT2D eigenvalue weighted by molar-refractivity contribution is 7.60. The van der Waals surface area contributed by atoms with Gasteiger partial charge in [-0.05, 0) is 19.0 Å². The first-order chi connectivity index (χ1) is 22.7. The fourth-order valence-corrected chi connectivity index (χ4v) is 7.04. The monoisotopic (exact) mass is 720 g/mol. The lowest BCUT2D eigenvalue weighted by molar-refractivity contribution is -0.765. The summed E-state index contributed by atoms with van der Waals surface area (Å²) in [6, 6.07) is 2.82. The summed E-state index contributed by atoms with van der Waals surface area (Å²) >= 11 is 0. The molecule has 22 nitrogen and oxygen atoms in total. The van der Waals surface area contributed by atoms with Crippen LogP contribution in [0.3, 0.4) is 0 Å². The highest BCUT2D eigenvalue weighted by Crippen LogP contribution is 2.58. The average Bonchev–Trinajstić information content (AvgIpc) is 3.68. The molecule has 10 N–H and O–H groups in total. The minimum absolute atomic E-state index is 0.0600. The molecule has 1 amide bonds. The summed E-state index contributed by atoms with van der Waals surface area (Å²) in [5, 5.41) is 45.0. The highest BCUT2D eigenvalue weighted by Gasteiger charge is 2.49. The number of phosphoric acid groups is 2. The van der Waals surface area contributed by atoms with Gasteiger partial charge in [0.2, 0.25) is 0 Å². The second-order valence-electron chi connectivity index (χ2n) is 10.7. The summed E-state index contributed by atoms with van der Waals surface area (Å²) in [5.41, 5.74) is 11.4. The molecule has 2 unspecified atom stereocenters. The maximum Gasteiger partial charge on any atom is 0.478 e. The number of aliphatic hydroxyl groups is 4. The summed E-state index contributed by atoms with van der Waals surface area (Å²) in [4.78, 5) is 46.4. The molecule has 0 bridgehead atoms. The third kappa shape index (κ3) is 8.04. The van der Waals surface area contributed by atoms with Gasteiger partial charge in [-0.3, -0.25) is 18.5 Å². The molecule has 24 heteroatoms. The number of fused-ring (bicyclic) bond motifs is 1. The largest absolute Gasteiger partial charge is 0.756 e. The van der Waals surface area contributed by atoms with Gasteiger partial charge in [0.05, 0.1) is 19.5 Å². The van der Waals surface area contributed by atoms with Gasteiger partial charge in [0, 0.05) is 12.6 Å². The van der Waals surface area contributed by atoms with E-state index in [0.717, 1.165) is 0 Å². The van der Waals surface area contributed by atoms with Crippen LogP contribution in [0, 0.1) is 0 Å². The SMILES string of the molecule is NCCCNc1ncnc2c1ncn2[C@@H]1O[C@H](COP(=O)(O)OP(=O)([O-])OC[C@H]2O[C@@H]([n+]3cccc(C(N)=O)c3)[C@H](O)[C@@H]2O)[C@@H](O)[C@H]1O. The fourth-order valence-electron chi connectivity index (χ4n) is 4.99. The zero-order valence-corrected chi connectivity index (χ0v) is 26.6. The number of nitrogens with two attached hydrogens (primary N) is 2. The molecular formula is C24H34N8O14P2. The molecular weight excluding hydrogens is 686 g/mol. The van der Waals surface area contributed by atoms with Gasteiger partial charge in [0.1, 0.15) is 42.4 Å². The van der Waals surface area contributed by atoms with Crippen molar-refractivity contribution in [3.63, 3.8) is 0 Å². The van der Waals surface area contributed by atoms with E-state index in [0.29, 0.717) is 30.8 Å². The summed E-state index contributed by atoms with van der Waals surface area (Å²) in [6.45, 7) is -0.923. The van der Waals surface area contributed by atoms with Crippen molar-refractivity contribution in [1.29, 1.82) is 0 Å². The molecule has 2 aliphatic rings. The molecule has 0 spiro atoms. The number of aromatic nitrogens is 5. The molecule has 0 aliphatic carbocycles. The van der Waals surface area contributed by atoms with E-state index in [1.807, 2.05) is 0 Å². The van der Waals surface area contributed by atoms with Gasteiger partial charge >= 0.3 is 7.82 Å². The number of aliphatic hydroxyl groups excluding tert-OH is 4. The lowest BCUT2D eigenvalue weighted by atomic mass is 10.1. The van der Waals surface area contributed by atoms with Crippen molar-refractivity contribution < 1.29 is 71.5 Å². The van der Waals surface area contributed by atoms with Crippen LogP contribution in [0.15, 0.2) is 37.2 Å². The van der Waals surface area contributed by atoms with Crippen LogP contribution in [0.2, 0.25) is 0 Å². The fraction of sp³-hybridized carbons (Fsp3) is 0.542. The molecule has 5 rings (SSSR count). The first-order valence-electron chi connectivity index (χ1n) is 14.3. The van der Waals surface area contributed by atoms with E-state index in [2.05, 4.69) is 29.1 Å². The van der Waals surface area contributed by atoms with Crippen molar-refractivity contribution in [3.05, 3.63) is 42.7 Å². The number of phosphoric ester groups is 2. The number of ether oxygens (including phenoxy) is 2. The number of hydrogen-bond donors (Lipinski definition) is 8. The van der Waals surface area contributed by atoms with Crippen molar-refractivity contribution in [2.24, 2.45) is 11.5 Å². The first-order valence-corrected chi connectivity index (χ1v) is 17.3. The van der Waals surface area contributed by atoms with Crippen molar-refractivity contribution in [1.82, 2.24) is 19.5 Å². The molecule has 2 fully saturated rings. The standard InChI is InChI=1S/C24H34N8O14P2/c25-4-2-5-27-21-15-22(29-10-28-21)32(11-30-15)24-19(36)17(34)14(45-24)9-43-48(40,41)46-47(38,39)42-8-13-16(33)18(35)23(44-13)31-6-1-3-12(7-31)20(26)37/h1,3,6-7,10-11,13-14,16-19,23-24,33-36H,2,4-5,8-9,25H2,(H4-,26,27,28,29,37,38,39,40,41)/t13-,14-,16-,17-,18-,19-,23-,24-/m1/s1. The number of nitrogens with zero attached hydrogens (tertiary/aromatic N) is 5. The van der Waals surface area contributed by atoms with Gasteiger partial charge in [0.15, 0.2) is 41.7 Å². The van der Waals surface area contributed by atoms with Gasteiger partial charge in [-0.1, -0.05) is 0 Å². The van der Waals surface area contributed by atoms with Gasteiger partial charge < -0.3 is 61.0 Å². The lowest BCUT2D eigenvalue weighted by Gasteiger charge is -2.26.